The molecule has 0 saturated carbocycles. The minimum Gasteiger partial charge on any atom is -0.369 e. The summed E-state index contributed by atoms with van der Waals surface area (Å²) in [6.45, 7) is 1.09. The zero-order valence-electron chi connectivity index (χ0n) is 12.4. The van der Waals surface area contributed by atoms with Gasteiger partial charge in [-0.15, -0.1) is 0 Å². The van der Waals surface area contributed by atoms with Gasteiger partial charge in [-0.1, -0.05) is 0 Å². The number of H-pyrrole nitrogens is 1. The first kappa shape index (κ1) is 15.8. The van der Waals surface area contributed by atoms with Gasteiger partial charge in [0.15, 0.2) is 18.1 Å². The number of fused-ring (bicyclic) bond motifs is 3. The number of ether oxygens (including phenoxy) is 1. The van der Waals surface area contributed by atoms with Crippen molar-refractivity contribution in [2.45, 2.75) is 30.3 Å². The van der Waals surface area contributed by atoms with Crippen LogP contribution < -0.4 is 21.9 Å². The van der Waals surface area contributed by atoms with Gasteiger partial charge in [0.05, 0.1) is 6.61 Å². The van der Waals surface area contributed by atoms with Crippen LogP contribution in [0.15, 0.2) is 4.79 Å². The van der Waals surface area contributed by atoms with Crippen molar-refractivity contribution in [3.63, 3.8) is 0 Å². The molecule has 3 aliphatic heterocycles. The van der Waals surface area contributed by atoms with Crippen molar-refractivity contribution in [2.24, 2.45) is 0 Å². The SMILES string of the molecule is CP1(=O)OCC2OC3Nc4nc(N)[nH]c(=O)c4NC3C(O)(O)C2O1. The van der Waals surface area contributed by atoms with Gasteiger partial charge in [-0.05, 0) is 0 Å². The fourth-order valence-corrected chi connectivity index (χ4v) is 4.23. The lowest BCUT2D eigenvalue weighted by atomic mass is 9.91. The van der Waals surface area contributed by atoms with Crippen LogP contribution in [-0.4, -0.2) is 63.7 Å². The monoisotopic (exact) mass is 361 g/mol. The third-order valence-electron chi connectivity index (χ3n) is 4.13. The standard InChI is InChI=1S/C11H16N5O7P/c1-24(20)21-2-3-6(23-24)11(18,19)5-9(22-3)14-7-4(13-5)8(17)16-10(12)15-7/h3,5-6,9,13,18-19H,2H2,1H3,(H4,12,14,15,16,17). The number of nitrogen functional groups attached to an aromatic ring is 1. The number of anilines is 3. The number of aromatic amines is 1. The van der Waals surface area contributed by atoms with Gasteiger partial charge in [-0.2, -0.15) is 4.98 Å². The first-order chi connectivity index (χ1) is 11.2. The van der Waals surface area contributed by atoms with Crippen LogP contribution in [0.4, 0.5) is 17.5 Å². The number of nitrogens with one attached hydrogen (secondary N) is 3. The Hall–Kier alpha value is -1.69. The smallest absolute Gasteiger partial charge is 0.328 e. The van der Waals surface area contributed by atoms with E-state index in [0.717, 1.165) is 0 Å². The molecular weight excluding hydrogens is 345 g/mol. The lowest BCUT2D eigenvalue weighted by molar-refractivity contribution is -0.310. The average Bonchev–Trinajstić information content (AvgIpc) is 2.47. The topological polar surface area (TPSA) is 181 Å². The summed E-state index contributed by atoms with van der Waals surface area (Å²) >= 11 is 0. The van der Waals surface area contributed by atoms with Crippen LogP contribution in [0.5, 0.6) is 0 Å². The van der Waals surface area contributed by atoms with Gasteiger partial charge in [-0.3, -0.25) is 18.9 Å². The van der Waals surface area contributed by atoms with Crippen molar-refractivity contribution < 1.29 is 28.6 Å². The second kappa shape index (κ2) is 4.91. The molecule has 0 radical (unpaired) electrons. The maximum absolute atomic E-state index is 12.0. The molecule has 3 aliphatic rings. The van der Waals surface area contributed by atoms with E-state index in [1.54, 1.807) is 0 Å². The van der Waals surface area contributed by atoms with Crippen LogP contribution in [0.1, 0.15) is 0 Å². The van der Waals surface area contributed by atoms with Crippen molar-refractivity contribution in [1.82, 2.24) is 9.97 Å². The summed E-state index contributed by atoms with van der Waals surface area (Å²) in [6, 6.07) is -1.18. The molecule has 0 spiro atoms. The molecule has 5 atom stereocenters. The molecule has 7 N–H and O–H groups in total. The van der Waals surface area contributed by atoms with Crippen LogP contribution in [0, 0.1) is 0 Å². The first-order valence-corrected chi connectivity index (χ1v) is 9.10. The number of rotatable bonds is 0. The Balaban J connectivity index is 1.73. The fraction of sp³-hybridized carbons (Fsp3) is 0.636. The molecular formula is C11H16N5O7P. The maximum Gasteiger partial charge on any atom is 0.328 e. The molecule has 0 aliphatic carbocycles. The molecule has 4 heterocycles. The summed E-state index contributed by atoms with van der Waals surface area (Å²) in [6.07, 6.45) is -3.15. The van der Waals surface area contributed by atoms with Crippen molar-refractivity contribution in [3.05, 3.63) is 10.4 Å². The van der Waals surface area contributed by atoms with Gasteiger partial charge in [0.2, 0.25) is 11.7 Å². The van der Waals surface area contributed by atoms with Crippen LogP contribution in [0.3, 0.4) is 0 Å². The lowest BCUT2D eigenvalue weighted by Gasteiger charge is -2.52. The highest BCUT2D eigenvalue weighted by Crippen LogP contribution is 2.53. The van der Waals surface area contributed by atoms with Crippen LogP contribution in [-0.2, 0) is 18.3 Å². The zero-order chi connectivity index (χ0) is 17.3. The highest BCUT2D eigenvalue weighted by atomic mass is 31.2. The maximum atomic E-state index is 12.0. The predicted octanol–water partition coefficient (Wildman–Crippen LogP) is -1.80. The molecule has 5 unspecified atom stereocenters. The predicted molar refractivity (Wildman–Crippen MR) is 80.5 cm³/mol. The zero-order valence-corrected chi connectivity index (χ0v) is 13.3. The number of nitrogens with zero attached hydrogens (tertiary/aromatic N) is 1. The molecule has 24 heavy (non-hydrogen) atoms. The van der Waals surface area contributed by atoms with Gasteiger partial charge in [0.1, 0.15) is 17.8 Å². The first-order valence-electron chi connectivity index (χ1n) is 7.11. The van der Waals surface area contributed by atoms with E-state index in [9.17, 15) is 19.6 Å². The summed E-state index contributed by atoms with van der Waals surface area (Å²) in [4.78, 5) is 18.2. The van der Waals surface area contributed by atoms with Gasteiger partial charge in [-0.25, -0.2) is 0 Å². The largest absolute Gasteiger partial charge is 0.369 e. The van der Waals surface area contributed by atoms with Crippen molar-refractivity contribution in [2.75, 3.05) is 29.6 Å². The summed E-state index contributed by atoms with van der Waals surface area (Å²) in [5.74, 6) is -2.47. The lowest BCUT2D eigenvalue weighted by Crippen LogP contribution is -2.73. The molecule has 132 valence electrons. The van der Waals surface area contributed by atoms with E-state index in [4.69, 9.17) is 19.5 Å². The Morgan fingerprint density at radius 2 is 2.17 bits per heavy atom. The summed E-state index contributed by atoms with van der Waals surface area (Å²) in [5, 5.41) is 26.6. The van der Waals surface area contributed by atoms with E-state index in [1.807, 2.05) is 0 Å². The molecule has 1 aromatic rings. The van der Waals surface area contributed by atoms with Gasteiger partial charge >= 0.3 is 7.60 Å². The number of hydrogen-bond donors (Lipinski definition) is 6. The number of aromatic nitrogens is 2. The molecule has 12 nitrogen and oxygen atoms in total. The van der Waals surface area contributed by atoms with E-state index in [-0.39, 0.29) is 24.1 Å². The number of hydrogen-bond acceptors (Lipinski definition) is 11. The fourth-order valence-electron chi connectivity index (χ4n) is 3.05. The molecule has 2 fully saturated rings. The van der Waals surface area contributed by atoms with E-state index < -0.39 is 43.4 Å². The number of nitrogens with two attached hydrogens (primary N) is 1. The summed E-state index contributed by atoms with van der Waals surface area (Å²) in [7, 11) is -3.43. The number of aliphatic hydroxyl groups is 2. The minimum absolute atomic E-state index is 0.0216. The molecule has 1 aromatic heterocycles. The summed E-state index contributed by atoms with van der Waals surface area (Å²) < 4.78 is 28.0. The Morgan fingerprint density at radius 3 is 2.92 bits per heavy atom. The Kier molecular flexibility index (Phi) is 3.24. The van der Waals surface area contributed by atoms with E-state index >= 15 is 0 Å². The second-order valence-corrected chi connectivity index (χ2v) is 7.92. The van der Waals surface area contributed by atoms with Gasteiger partial charge in [0, 0.05) is 6.66 Å². The third kappa shape index (κ3) is 2.31. The molecule has 4 rings (SSSR count). The third-order valence-corrected chi connectivity index (χ3v) is 5.36. The molecule has 13 heteroatoms. The van der Waals surface area contributed by atoms with Crippen molar-refractivity contribution in [1.29, 1.82) is 0 Å². The highest BCUT2D eigenvalue weighted by molar-refractivity contribution is 7.53. The second-order valence-electron chi connectivity index (χ2n) is 5.91. The van der Waals surface area contributed by atoms with Crippen LogP contribution >= 0.6 is 7.60 Å². The molecule has 2 saturated heterocycles. The van der Waals surface area contributed by atoms with Crippen LogP contribution in [0.2, 0.25) is 0 Å². The quantitative estimate of drug-likeness (QED) is 0.227. The average molecular weight is 361 g/mol. The van der Waals surface area contributed by atoms with Crippen molar-refractivity contribution in [3.8, 4) is 0 Å². The summed E-state index contributed by atoms with van der Waals surface area (Å²) in [5.41, 5.74) is 4.89. The van der Waals surface area contributed by atoms with E-state index in [2.05, 4.69) is 20.6 Å². The Morgan fingerprint density at radius 1 is 1.42 bits per heavy atom. The minimum atomic E-state index is -3.43. The Bertz CT molecular complexity index is 797. The molecule has 0 aromatic carbocycles. The van der Waals surface area contributed by atoms with E-state index in [1.165, 1.54) is 6.66 Å². The highest BCUT2D eigenvalue weighted by Gasteiger charge is 2.61. The Labute approximate surface area is 134 Å². The van der Waals surface area contributed by atoms with Gasteiger partial charge < -0.3 is 35.8 Å². The molecule has 0 amide bonds. The van der Waals surface area contributed by atoms with Crippen LogP contribution in [0.25, 0.3) is 0 Å². The van der Waals surface area contributed by atoms with Gasteiger partial charge in [0.25, 0.3) is 5.56 Å². The van der Waals surface area contributed by atoms with Crippen molar-refractivity contribution >= 4 is 25.0 Å². The normalized spacial score (nSPS) is 39.6. The molecule has 0 bridgehead atoms. The van der Waals surface area contributed by atoms with E-state index in [0.29, 0.717) is 0 Å².